The van der Waals surface area contributed by atoms with E-state index in [4.69, 9.17) is 0 Å². The van der Waals surface area contributed by atoms with Crippen molar-refractivity contribution in [1.29, 1.82) is 0 Å². The van der Waals surface area contributed by atoms with Crippen molar-refractivity contribution in [2.45, 2.75) is 44.9 Å². The number of benzene rings is 1. The van der Waals surface area contributed by atoms with E-state index in [1.807, 2.05) is 6.07 Å². The zero-order chi connectivity index (χ0) is 16.6. The molecule has 0 spiro atoms. The van der Waals surface area contributed by atoms with Crippen molar-refractivity contribution in [3.05, 3.63) is 35.6 Å². The second kappa shape index (κ2) is 6.38. The molecule has 0 atom stereocenters. The van der Waals surface area contributed by atoms with Crippen LogP contribution in [0.15, 0.2) is 24.3 Å². The van der Waals surface area contributed by atoms with Crippen molar-refractivity contribution >= 4 is 6.03 Å². The molecule has 5 rings (SSSR count). The van der Waals surface area contributed by atoms with Gasteiger partial charge in [0.05, 0.1) is 0 Å². The summed E-state index contributed by atoms with van der Waals surface area (Å²) in [6.07, 6.45) is 8.87. The fourth-order valence-electron chi connectivity index (χ4n) is 5.85. The van der Waals surface area contributed by atoms with Crippen LogP contribution in [0.4, 0.5) is 9.18 Å². The van der Waals surface area contributed by atoms with Gasteiger partial charge >= 0.3 is 6.03 Å². The second-order valence-corrected chi connectivity index (χ2v) is 8.41. The Kier molecular flexibility index (Phi) is 4.23. The molecule has 130 valence electrons. The van der Waals surface area contributed by atoms with Crippen LogP contribution in [0.2, 0.25) is 0 Å². The average Bonchev–Trinajstić information content (AvgIpc) is 2.52. The lowest BCUT2D eigenvalue weighted by Crippen LogP contribution is -2.52. The van der Waals surface area contributed by atoms with E-state index in [2.05, 4.69) is 10.6 Å². The normalized spacial score (nSPS) is 33.5. The van der Waals surface area contributed by atoms with Gasteiger partial charge in [0.1, 0.15) is 5.82 Å². The lowest BCUT2D eigenvalue weighted by atomic mass is 9.49. The number of halogens is 1. The third-order valence-corrected chi connectivity index (χ3v) is 6.38. The predicted molar refractivity (Wildman–Crippen MR) is 92.1 cm³/mol. The summed E-state index contributed by atoms with van der Waals surface area (Å²) < 4.78 is 13.1. The molecule has 4 fully saturated rings. The molecule has 4 aliphatic carbocycles. The van der Waals surface area contributed by atoms with E-state index in [9.17, 15) is 9.18 Å². The Bertz CT molecular complexity index is 580. The first kappa shape index (κ1) is 15.9. The van der Waals surface area contributed by atoms with Crippen LogP contribution in [-0.4, -0.2) is 19.1 Å². The van der Waals surface area contributed by atoms with Gasteiger partial charge in [-0.1, -0.05) is 12.1 Å². The first-order chi connectivity index (χ1) is 11.6. The number of hydrogen-bond donors (Lipinski definition) is 2. The number of rotatable bonds is 5. The minimum Gasteiger partial charge on any atom is -0.338 e. The van der Waals surface area contributed by atoms with E-state index in [0.717, 1.165) is 29.9 Å². The summed E-state index contributed by atoms with van der Waals surface area (Å²) in [6, 6.07) is 6.47. The van der Waals surface area contributed by atoms with Gasteiger partial charge in [-0.2, -0.15) is 0 Å². The molecule has 0 heterocycles. The molecule has 1 aromatic rings. The van der Waals surface area contributed by atoms with Crippen LogP contribution in [0.3, 0.4) is 0 Å². The van der Waals surface area contributed by atoms with Crippen LogP contribution in [0.25, 0.3) is 0 Å². The molecule has 4 heteroatoms. The molecule has 0 unspecified atom stereocenters. The first-order valence-corrected chi connectivity index (χ1v) is 9.36. The summed E-state index contributed by atoms with van der Waals surface area (Å²) in [5.41, 5.74) is 1.28. The molecule has 0 aromatic heterocycles. The van der Waals surface area contributed by atoms with Gasteiger partial charge in [-0.05, 0) is 85.8 Å². The number of hydrogen-bond acceptors (Lipinski definition) is 1. The third-order valence-electron chi connectivity index (χ3n) is 6.38. The summed E-state index contributed by atoms with van der Waals surface area (Å²) in [7, 11) is 0. The zero-order valence-corrected chi connectivity index (χ0v) is 14.2. The summed E-state index contributed by atoms with van der Waals surface area (Å²) in [6.45, 7) is 1.36. The fraction of sp³-hybridized carbons (Fsp3) is 0.650. The molecule has 4 saturated carbocycles. The van der Waals surface area contributed by atoms with E-state index in [0.29, 0.717) is 18.4 Å². The van der Waals surface area contributed by atoms with Crippen LogP contribution in [-0.2, 0) is 6.42 Å². The highest BCUT2D eigenvalue weighted by Gasteiger charge is 2.50. The maximum absolute atomic E-state index is 13.1. The largest absolute Gasteiger partial charge is 0.338 e. The second-order valence-electron chi connectivity index (χ2n) is 8.41. The molecule has 4 bridgehead atoms. The average molecular weight is 330 g/mol. The Hall–Kier alpha value is -1.58. The molecule has 1 aromatic carbocycles. The minimum absolute atomic E-state index is 0.0813. The first-order valence-electron chi connectivity index (χ1n) is 9.36. The summed E-state index contributed by atoms with van der Waals surface area (Å²) in [5, 5.41) is 6.02. The number of nitrogens with one attached hydrogen (secondary N) is 2. The fourth-order valence-corrected chi connectivity index (χ4v) is 5.85. The van der Waals surface area contributed by atoms with Crippen molar-refractivity contribution < 1.29 is 9.18 Å². The molecule has 3 nitrogen and oxygen atoms in total. The SMILES string of the molecule is O=C(NCCc1cccc(F)c1)NCC12CC3CC(CC(C3)C1)C2. The quantitative estimate of drug-likeness (QED) is 0.845. The van der Waals surface area contributed by atoms with Gasteiger partial charge in [-0.3, -0.25) is 0 Å². The predicted octanol–water partition coefficient (Wildman–Crippen LogP) is 3.88. The van der Waals surface area contributed by atoms with Crippen LogP contribution in [0.5, 0.6) is 0 Å². The van der Waals surface area contributed by atoms with Gasteiger partial charge in [-0.25, -0.2) is 9.18 Å². The molecule has 2 N–H and O–H groups in total. The Labute approximate surface area is 143 Å². The van der Waals surface area contributed by atoms with E-state index in [-0.39, 0.29) is 11.8 Å². The number of urea groups is 1. The van der Waals surface area contributed by atoms with Gasteiger partial charge < -0.3 is 10.6 Å². The van der Waals surface area contributed by atoms with E-state index < -0.39 is 0 Å². The summed E-state index contributed by atoms with van der Waals surface area (Å²) >= 11 is 0. The Morgan fingerprint density at radius 3 is 2.38 bits per heavy atom. The zero-order valence-electron chi connectivity index (χ0n) is 14.2. The Morgan fingerprint density at radius 2 is 1.75 bits per heavy atom. The lowest BCUT2D eigenvalue weighted by molar-refractivity contribution is -0.0498. The van der Waals surface area contributed by atoms with Gasteiger partial charge in [-0.15, -0.1) is 0 Å². The summed E-state index contributed by atoms with van der Waals surface area (Å²) in [4.78, 5) is 12.1. The van der Waals surface area contributed by atoms with Gasteiger partial charge in [0.25, 0.3) is 0 Å². The van der Waals surface area contributed by atoms with E-state index in [1.165, 1.54) is 50.7 Å². The smallest absolute Gasteiger partial charge is 0.314 e. The molecular formula is C20H27FN2O. The monoisotopic (exact) mass is 330 g/mol. The molecule has 2 amide bonds. The minimum atomic E-state index is -0.223. The third kappa shape index (κ3) is 3.42. The number of carbonyl (C=O) groups is 1. The van der Waals surface area contributed by atoms with E-state index in [1.54, 1.807) is 6.07 Å². The van der Waals surface area contributed by atoms with Crippen molar-refractivity contribution in [2.24, 2.45) is 23.2 Å². The Morgan fingerprint density at radius 1 is 1.08 bits per heavy atom. The van der Waals surface area contributed by atoms with Gasteiger partial charge in [0, 0.05) is 13.1 Å². The van der Waals surface area contributed by atoms with E-state index >= 15 is 0 Å². The van der Waals surface area contributed by atoms with Crippen molar-refractivity contribution in [1.82, 2.24) is 10.6 Å². The topological polar surface area (TPSA) is 41.1 Å². The standard InChI is InChI=1S/C20H27FN2O/c21-18-3-1-2-14(9-18)4-5-22-19(24)23-13-20-10-15-6-16(11-20)8-17(7-15)12-20/h1-3,9,15-17H,4-8,10-13H2,(H2,22,23,24). The Balaban J connectivity index is 1.22. The van der Waals surface area contributed by atoms with Crippen LogP contribution < -0.4 is 10.6 Å². The molecule has 0 radical (unpaired) electrons. The van der Waals surface area contributed by atoms with Gasteiger partial charge in [0.2, 0.25) is 0 Å². The van der Waals surface area contributed by atoms with Crippen molar-refractivity contribution in [2.75, 3.05) is 13.1 Å². The number of carbonyl (C=O) groups excluding carboxylic acids is 1. The summed E-state index contributed by atoms with van der Waals surface area (Å²) in [5.74, 6) is 2.51. The highest BCUT2D eigenvalue weighted by atomic mass is 19.1. The van der Waals surface area contributed by atoms with Crippen molar-refractivity contribution in [3.63, 3.8) is 0 Å². The van der Waals surface area contributed by atoms with Crippen LogP contribution in [0.1, 0.15) is 44.1 Å². The van der Waals surface area contributed by atoms with Crippen LogP contribution >= 0.6 is 0 Å². The van der Waals surface area contributed by atoms with Gasteiger partial charge in [0.15, 0.2) is 0 Å². The highest BCUT2D eigenvalue weighted by molar-refractivity contribution is 5.73. The molecule has 0 aliphatic heterocycles. The molecular weight excluding hydrogens is 303 g/mol. The van der Waals surface area contributed by atoms with Crippen molar-refractivity contribution in [3.8, 4) is 0 Å². The highest BCUT2D eigenvalue weighted by Crippen LogP contribution is 2.59. The maximum Gasteiger partial charge on any atom is 0.314 e. The lowest BCUT2D eigenvalue weighted by Gasteiger charge is -2.56. The molecule has 4 aliphatic rings. The molecule has 24 heavy (non-hydrogen) atoms. The van der Waals surface area contributed by atoms with Crippen LogP contribution in [0, 0.1) is 29.0 Å². The maximum atomic E-state index is 13.1. The number of amides is 2. The molecule has 0 saturated heterocycles.